The molecule has 0 radical (unpaired) electrons. The molecular weight excluding hydrogens is 370 g/mol. The van der Waals surface area contributed by atoms with Crippen molar-refractivity contribution in [3.8, 4) is 23.0 Å². The number of fused-ring (bicyclic) bond motifs is 1. The lowest BCUT2D eigenvalue weighted by Gasteiger charge is -2.21. The Hall–Kier alpha value is -2.60. The van der Waals surface area contributed by atoms with E-state index in [-0.39, 0.29) is 5.91 Å². The smallest absolute Gasteiger partial charge is 0.251 e. The van der Waals surface area contributed by atoms with Gasteiger partial charge in [-0.2, -0.15) is 0 Å². The zero-order valence-electron chi connectivity index (χ0n) is 15.1. The van der Waals surface area contributed by atoms with Gasteiger partial charge < -0.3 is 24.3 Å². The van der Waals surface area contributed by atoms with Crippen molar-refractivity contribution in [2.75, 3.05) is 33.5 Å². The third-order valence-corrected chi connectivity index (χ3v) is 4.28. The van der Waals surface area contributed by atoms with Gasteiger partial charge >= 0.3 is 0 Å². The fraction of sp³-hybridized carbons (Fsp3) is 0.350. The maximum Gasteiger partial charge on any atom is 0.251 e. The highest BCUT2D eigenvalue weighted by Gasteiger charge is 2.20. The quantitative estimate of drug-likeness (QED) is 0.695. The summed E-state index contributed by atoms with van der Waals surface area (Å²) in [6.45, 7) is 2.05. The van der Waals surface area contributed by atoms with Gasteiger partial charge in [-0.1, -0.05) is 11.6 Å². The lowest BCUT2D eigenvalue weighted by Crippen LogP contribution is -2.25. The van der Waals surface area contributed by atoms with Crippen molar-refractivity contribution >= 4 is 17.5 Å². The molecule has 1 N–H and O–H groups in total. The van der Waals surface area contributed by atoms with Crippen molar-refractivity contribution in [2.24, 2.45) is 0 Å². The predicted octanol–water partition coefficient (Wildman–Crippen LogP) is 3.71. The Kier molecular flexibility index (Phi) is 6.65. The summed E-state index contributed by atoms with van der Waals surface area (Å²) >= 11 is 5.83. The number of rotatable bonds is 8. The van der Waals surface area contributed by atoms with Crippen LogP contribution in [0.1, 0.15) is 23.2 Å². The molecule has 3 rings (SSSR count). The zero-order chi connectivity index (χ0) is 19.1. The van der Waals surface area contributed by atoms with Crippen LogP contribution in [0, 0.1) is 0 Å². The van der Waals surface area contributed by atoms with Crippen molar-refractivity contribution in [3.05, 3.63) is 47.0 Å². The third-order valence-electron chi connectivity index (χ3n) is 4.03. The summed E-state index contributed by atoms with van der Waals surface area (Å²) in [5.41, 5.74) is 0.480. The first-order valence-electron chi connectivity index (χ1n) is 8.81. The molecule has 144 valence electrons. The molecule has 0 unspecified atom stereocenters. The van der Waals surface area contributed by atoms with E-state index in [1.54, 1.807) is 24.3 Å². The van der Waals surface area contributed by atoms with Crippen LogP contribution >= 0.6 is 11.6 Å². The monoisotopic (exact) mass is 391 g/mol. The van der Waals surface area contributed by atoms with Crippen molar-refractivity contribution in [2.45, 2.75) is 12.8 Å². The summed E-state index contributed by atoms with van der Waals surface area (Å²) in [5, 5.41) is 3.58. The normalized spacial score (nSPS) is 12.4. The largest absolute Gasteiger partial charge is 0.494 e. The number of hydrogen-bond acceptors (Lipinski definition) is 5. The summed E-state index contributed by atoms with van der Waals surface area (Å²) in [4.78, 5) is 12.4. The van der Waals surface area contributed by atoms with Gasteiger partial charge in [-0.05, 0) is 49.2 Å². The van der Waals surface area contributed by atoms with E-state index in [9.17, 15) is 4.79 Å². The second kappa shape index (κ2) is 9.37. The average molecular weight is 392 g/mol. The molecule has 2 aromatic rings. The summed E-state index contributed by atoms with van der Waals surface area (Å²) in [6, 6.07) is 10.6. The summed E-state index contributed by atoms with van der Waals surface area (Å²) in [7, 11) is 1.54. The fourth-order valence-corrected chi connectivity index (χ4v) is 2.78. The second-order valence-corrected chi connectivity index (χ2v) is 6.40. The molecule has 1 aliphatic heterocycles. The standard InChI is InChI=1S/C20H22ClNO5/c1-24-17-12-14(13-18-19(17)27-11-10-26-18)20(23)22-8-2-3-9-25-16-6-4-15(21)5-7-16/h4-7,12-13H,2-3,8-11H2,1H3,(H,22,23). The lowest BCUT2D eigenvalue weighted by atomic mass is 10.1. The van der Waals surface area contributed by atoms with E-state index in [0.29, 0.717) is 54.2 Å². The average Bonchev–Trinajstić information content (AvgIpc) is 2.70. The number of hydrogen-bond donors (Lipinski definition) is 1. The second-order valence-electron chi connectivity index (χ2n) is 5.97. The highest BCUT2D eigenvalue weighted by molar-refractivity contribution is 6.30. The number of carbonyl (C=O) groups excluding carboxylic acids is 1. The first-order valence-corrected chi connectivity index (χ1v) is 9.19. The summed E-state index contributed by atoms with van der Waals surface area (Å²) in [5.74, 6) is 2.17. The van der Waals surface area contributed by atoms with Crippen LogP contribution in [0.2, 0.25) is 5.02 Å². The molecular formula is C20H22ClNO5. The van der Waals surface area contributed by atoms with Crippen molar-refractivity contribution in [3.63, 3.8) is 0 Å². The molecule has 0 fully saturated rings. The molecule has 6 nitrogen and oxygen atoms in total. The number of nitrogens with one attached hydrogen (secondary N) is 1. The molecule has 0 spiro atoms. The Bertz CT molecular complexity index is 761. The van der Waals surface area contributed by atoms with Crippen LogP contribution in [0.25, 0.3) is 0 Å². The molecule has 0 aliphatic carbocycles. The van der Waals surface area contributed by atoms with Crippen LogP contribution in [-0.2, 0) is 0 Å². The molecule has 0 saturated heterocycles. The van der Waals surface area contributed by atoms with Crippen LogP contribution in [0.3, 0.4) is 0 Å². The Labute approximate surface area is 163 Å². The van der Waals surface area contributed by atoms with E-state index < -0.39 is 0 Å². The van der Waals surface area contributed by atoms with Crippen molar-refractivity contribution in [1.82, 2.24) is 5.32 Å². The van der Waals surface area contributed by atoms with Crippen molar-refractivity contribution < 1.29 is 23.7 Å². The molecule has 2 aromatic carbocycles. The Morgan fingerprint density at radius 1 is 1.15 bits per heavy atom. The zero-order valence-corrected chi connectivity index (χ0v) is 15.9. The highest BCUT2D eigenvalue weighted by Crippen LogP contribution is 2.40. The van der Waals surface area contributed by atoms with Crippen LogP contribution < -0.4 is 24.3 Å². The van der Waals surface area contributed by atoms with Gasteiger partial charge in [0.15, 0.2) is 11.5 Å². The van der Waals surface area contributed by atoms with Crippen LogP contribution in [0.15, 0.2) is 36.4 Å². The topological polar surface area (TPSA) is 66.0 Å². The number of ether oxygens (including phenoxy) is 4. The first-order chi connectivity index (χ1) is 13.2. The van der Waals surface area contributed by atoms with Gasteiger partial charge in [0.2, 0.25) is 5.75 Å². The molecule has 0 atom stereocenters. The first kappa shape index (κ1) is 19.2. The Balaban J connectivity index is 1.43. The molecule has 0 saturated carbocycles. The molecule has 0 bridgehead atoms. The maximum atomic E-state index is 12.4. The Morgan fingerprint density at radius 3 is 2.70 bits per heavy atom. The summed E-state index contributed by atoms with van der Waals surface area (Å²) < 4.78 is 22.0. The van der Waals surface area contributed by atoms with E-state index in [1.165, 1.54) is 7.11 Å². The van der Waals surface area contributed by atoms with Crippen molar-refractivity contribution in [1.29, 1.82) is 0 Å². The van der Waals surface area contributed by atoms with Gasteiger partial charge in [-0.3, -0.25) is 4.79 Å². The predicted molar refractivity (Wildman–Crippen MR) is 102 cm³/mol. The number of methoxy groups -OCH3 is 1. The van der Waals surface area contributed by atoms with Gasteiger partial charge in [-0.15, -0.1) is 0 Å². The van der Waals surface area contributed by atoms with Gasteiger partial charge in [-0.25, -0.2) is 0 Å². The van der Waals surface area contributed by atoms with Gasteiger partial charge in [0.05, 0.1) is 13.7 Å². The number of unbranched alkanes of at least 4 members (excludes halogenated alkanes) is 1. The number of halogens is 1. The number of carbonyl (C=O) groups is 1. The van der Waals surface area contributed by atoms with Crippen LogP contribution in [0.4, 0.5) is 0 Å². The minimum atomic E-state index is -0.177. The molecule has 0 aromatic heterocycles. The molecule has 7 heteroatoms. The maximum absolute atomic E-state index is 12.4. The van der Waals surface area contributed by atoms with Gasteiger partial charge in [0.1, 0.15) is 19.0 Å². The third kappa shape index (κ3) is 5.20. The van der Waals surface area contributed by atoms with E-state index in [0.717, 1.165) is 18.6 Å². The minimum absolute atomic E-state index is 0.177. The lowest BCUT2D eigenvalue weighted by molar-refractivity contribution is 0.0950. The fourth-order valence-electron chi connectivity index (χ4n) is 2.66. The molecule has 1 aliphatic rings. The van der Waals surface area contributed by atoms with E-state index in [4.69, 9.17) is 30.5 Å². The molecule has 1 amide bonds. The van der Waals surface area contributed by atoms with Gasteiger partial charge in [0, 0.05) is 17.1 Å². The summed E-state index contributed by atoms with van der Waals surface area (Å²) in [6.07, 6.45) is 1.63. The minimum Gasteiger partial charge on any atom is -0.494 e. The van der Waals surface area contributed by atoms with Crippen LogP contribution in [-0.4, -0.2) is 39.4 Å². The molecule has 27 heavy (non-hydrogen) atoms. The van der Waals surface area contributed by atoms with Gasteiger partial charge in [0.25, 0.3) is 5.91 Å². The number of amides is 1. The van der Waals surface area contributed by atoms with E-state index in [2.05, 4.69) is 5.32 Å². The SMILES string of the molecule is COc1cc(C(=O)NCCCCOc2ccc(Cl)cc2)cc2c1OCCO2. The van der Waals surface area contributed by atoms with Crippen LogP contribution in [0.5, 0.6) is 23.0 Å². The van der Waals surface area contributed by atoms with E-state index >= 15 is 0 Å². The van der Waals surface area contributed by atoms with E-state index in [1.807, 2.05) is 12.1 Å². The molecule has 1 heterocycles. The number of benzene rings is 2. The Morgan fingerprint density at radius 2 is 1.93 bits per heavy atom. The highest BCUT2D eigenvalue weighted by atomic mass is 35.5.